The Kier molecular flexibility index (Phi) is 4.34. The van der Waals surface area contributed by atoms with Crippen molar-refractivity contribution >= 4 is 38.9 Å². The largest absolute Gasteiger partial charge is 0.324 e. The van der Waals surface area contributed by atoms with E-state index >= 15 is 0 Å². The third-order valence-electron chi connectivity index (χ3n) is 5.28. The summed E-state index contributed by atoms with van der Waals surface area (Å²) < 4.78 is 54.6. The van der Waals surface area contributed by atoms with Crippen molar-refractivity contribution in [3.63, 3.8) is 0 Å². The van der Waals surface area contributed by atoms with Crippen LogP contribution in [0.25, 0.3) is 0 Å². The first-order valence-electron chi connectivity index (χ1n) is 8.88. The molecule has 10 heteroatoms. The Bertz CT molecular complexity index is 1160. The number of fused-ring (bicyclic) bond motifs is 2. The molecule has 1 spiro atoms. The predicted octanol–water partition coefficient (Wildman–Crippen LogP) is 3.10. The number of anilines is 3. The van der Waals surface area contributed by atoms with Gasteiger partial charge in [0.1, 0.15) is 16.5 Å². The normalized spacial score (nSPS) is 16.7. The lowest BCUT2D eigenvalue weighted by atomic mass is 9.65. The van der Waals surface area contributed by atoms with Gasteiger partial charge >= 0.3 is 0 Å². The maximum atomic E-state index is 14.0. The number of sulfonamides is 1. The second kappa shape index (κ2) is 6.51. The Morgan fingerprint density at radius 3 is 2.48 bits per heavy atom. The Morgan fingerprint density at radius 2 is 1.90 bits per heavy atom. The maximum Gasteiger partial charge on any atom is 0.264 e. The fourth-order valence-electron chi connectivity index (χ4n) is 3.79. The number of rotatable bonds is 4. The minimum atomic E-state index is -4.37. The number of hydrogen-bond donors (Lipinski definition) is 3. The molecule has 0 unspecified atom stereocenters. The summed E-state index contributed by atoms with van der Waals surface area (Å²) in [4.78, 5) is 23.4. The van der Waals surface area contributed by atoms with Crippen molar-refractivity contribution in [2.75, 3.05) is 15.4 Å². The molecule has 152 valence electrons. The molecule has 1 aliphatic carbocycles. The summed E-state index contributed by atoms with van der Waals surface area (Å²) in [6.45, 7) is 1.28. The fourth-order valence-corrected chi connectivity index (χ4v) is 4.89. The molecular formula is C19H17F2N3O4S. The summed E-state index contributed by atoms with van der Waals surface area (Å²) >= 11 is 0. The molecule has 2 amide bonds. The topological polar surface area (TPSA) is 104 Å². The van der Waals surface area contributed by atoms with Crippen molar-refractivity contribution in [3.05, 3.63) is 47.5 Å². The molecule has 3 N–H and O–H groups in total. The molecule has 2 aromatic carbocycles. The van der Waals surface area contributed by atoms with E-state index in [1.807, 2.05) is 0 Å². The van der Waals surface area contributed by atoms with Gasteiger partial charge in [-0.2, -0.15) is 0 Å². The monoisotopic (exact) mass is 421 g/mol. The second-order valence-corrected chi connectivity index (χ2v) is 8.85. The lowest BCUT2D eigenvalue weighted by Gasteiger charge is -2.36. The number of carbonyl (C=O) groups excluding carboxylic acids is 2. The number of benzene rings is 2. The number of nitrogens with one attached hydrogen (secondary N) is 3. The van der Waals surface area contributed by atoms with Crippen molar-refractivity contribution in [3.8, 4) is 0 Å². The zero-order valence-corrected chi connectivity index (χ0v) is 16.1. The van der Waals surface area contributed by atoms with Gasteiger partial charge in [0.25, 0.3) is 10.0 Å². The van der Waals surface area contributed by atoms with E-state index in [2.05, 4.69) is 15.4 Å². The SMILES string of the molecule is CC(=O)Nc1cc(NS(=O)(=O)c2ccc(F)cc2F)cc2c1NC(=O)C21CCC1. The van der Waals surface area contributed by atoms with Crippen LogP contribution >= 0.6 is 0 Å². The van der Waals surface area contributed by atoms with Crippen LogP contribution in [0, 0.1) is 11.6 Å². The lowest BCUT2D eigenvalue weighted by molar-refractivity contribution is -0.123. The minimum absolute atomic E-state index is 0.0546. The molecule has 0 radical (unpaired) electrons. The van der Waals surface area contributed by atoms with E-state index < -0.39 is 37.9 Å². The molecule has 0 saturated heterocycles. The third-order valence-corrected chi connectivity index (χ3v) is 6.70. The van der Waals surface area contributed by atoms with Crippen LogP contribution < -0.4 is 15.4 Å². The molecule has 1 saturated carbocycles. The van der Waals surface area contributed by atoms with E-state index in [1.54, 1.807) is 0 Å². The lowest BCUT2D eigenvalue weighted by Crippen LogP contribution is -2.40. The van der Waals surface area contributed by atoms with E-state index in [0.29, 0.717) is 30.2 Å². The van der Waals surface area contributed by atoms with Crippen LogP contribution in [0.1, 0.15) is 31.7 Å². The number of halogens is 2. The van der Waals surface area contributed by atoms with Crippen LogP contribution in [-0.4, -0.2) is 20.2 Å². The second-order valence-electron chi connectivity index (χ2n) is 7.20. The Labute approximate surface area is 165 Å². The molecule has 29 heavy (non-hydrogen) atoms. The molecular weight excluding hydrogens is 404 g/mol. The van der Waals surface area contributed by atoms with Gasteiger partial charge in [0.15, 0.2) is 0 Å². The zero-order chi connectivity index (χ0) is 21.0. The number of hydrogen-bond acceptors (Lipinski definition) is 4. The first kappa shape index (κ1) is 19.3. The van der Waals surface area contributed by atoms with E-state index in [1.165, 1.54) is 19.1 Å². The average Bonchev–Trinajstić information content (AvgIpc) is 2.85. The standard InChI is InChI=1S/C19H17F2N3O4S/c1-10(25)22-15-9-12(8-13-17(15)23-18(26)19(13)5-2-6-19)24-29(27,28)16-4-3-11(20)7-14(16)21/h3-4,7-9,24H,2,5-6H2,1H3,(H,22,25)(H,23,26). The molecule has 2 aliphatic rings. The summed E-state index contributed by atoms with van der Waals surface area (Å²) in [6, 6.07) is 5.00. The minimum Gasteiger partial charge on any atom is -0.324 e. The van der Waals surface area contributed by atoms with Gasteiger partial charge in [0.2, 0.25) is 11.8 Å². The van der Waals surface area contributed by atoms with Crippen molar-refractivity contribution in [2.24, 2.45) is 0 Å². The number of carbonyl (C=O) groups is 2. The smallest absolute Gasteiger partial charge is 0.264 e. The molecule has 1 fully saturated rings. The van der Waals surface area contributed by atoms with Gasteiger partial charge in [-0.25, -0.2) is 17.2 Å². The van der Waals surface area contributed by atoms with E-state index in [0.717, 1.165) is 18.6 Å². The summed E-state index contributed by atoms with van der Waals surface area (Å²) in [6.07, 6.45) is 2.06. The molecule has 0 bridgehead atoms. The number of amides is 2. The van der Waals surface area contributed by atoms with Crippen LogP contribution in [-0.2, 0) is 25.0 Å². The maximum absolute atomic E-state index is 14.0. The molecule has 1 aliphatic heterocycles. The van der Waals surface area contributed by atoms with E-state index in [4.69, 9.17) is 0 Å². The highest BCUT2D eigenvalue weighted by Crippen LogP contribution is 2.54. The van der Waals surface area contributed by atoms with Crippen molar-refractivity contribution in [1.82, 2.24) is 0 Å². The summed E-state index contributed by atoms with van der Waals surface area (Å²) in [5.74, 6) is -2.73. The molecule has 7 nitrogen and oxygen atoms in total. The third kappa shape index (κ3) is 3.13. The summed E-state index contributed by atoms with van der Waals surface area (Å²) in [5.41, 5.74) is 0.548. The van der Waals surface area contributed by atoms with Crippen LogP contribution in [0.2, 0.25) is 0 Å². The Morgan fingerprint density at radius 1 is 1.17 bits per heavy atom. The van der Waals surface area contributed by atoms with Gasteiger partial charge in [-0.1, -0.05) is 6.42 Å². The van der Waals surface area contributed by atoms with Gasteiger partial charge in [-0.3, -0.25) is 14.3 Å². The highest BCUT2D eigenvalue weighted by atomic mass is 32.2. The van der Waals surface area contributed by atoms with Gasteiger partial charge < -0.3 is 10.6 Å². The fraction of sp³-hybridized carbons (Fsp3) is 0.263. The van der Waals surface area contributed by atoms with Crippen LogP contribution in [0.3, 0.4) is 0 Å². The molecule has 2 aromatic rings. The van der Waals surface area contributed by atoms with Gasteiger partial charge in [0, 0.05) is 13.0 Å². The highest BCUT2D eigenvalue weighted by Gasteiger charge is 2.52. The highest BCUT2D eigenvalue weighted by molar-refractivity contribution is 7.92. The van der Waals surface area contributed by atoms with Crippen LogP contribution in [0.4, 0.5) is 25.8 Å². The Hall–Kier alpha value is -3.01. The zero-order valence-electron chi connectivity index (χ0n) is 15.3. The van der Waals surface area contributed by atoms with Crippen LogP contribution in [0.15, 0.2) is 35.2 Å². The predicted molar refractivity (Wildman–Crippen MR) is 102 cm³/mol. The van der Waals surface area contributed by atoms with Crippen LogP contribution in [0.5, 0.6) is 0 Å². The quantitative estimate of drug-likeness (QED) is 0.706. The first-order valence-corrected chi connectivity index (χ1v) is 10.4. The van der Waals surface area contributed by atoms with Gasteiger partial charge in [-0.15, -0.1) is 0 Å². The van der Waals surface area contributed by atoms with Crippen molar-refractivity contribution in [2.45, 2.75) is 36.5 Å². The van der Waals surface area contributed by atoms with Gasteiger partial charge in [-0.05, 0) is 42.7 Å². The first-order chi connectivity index (χ1) is 13.6. The van der Waals surface area contributed by atoms with E-state index in [9.17, 15) is 26.8 Å². The average molecular weight is 421 g/mol. The molecule has 0 aromatic heterocycles. The molecule has 1 heterocycles. The summed E-state index contributed by atoms with van der Waals surface area (Å²) in [7, 11) is -4.37. The van der Waals surface area contributed by atoms with Crippen molar-refractivity contribution < 1.29 is 26.8 Å². The van der Waals surface area contributed by atoms with E-state index in [-0.39, 0.29) is 17.3 Å². The Balaban J connectivity index is 1.79. The van der Waals surface area contributed by atoms with Gasteiger partial charge in [0.05, 0.1) is 22.5 Å². The van der Waals surface area contributed by atoms with Crippen molar-refractivity contribution in [1.29, 1.82) is 0 Å². The molecule has 0 atom stereocenters. The molecule has 4 rings (SSSR count). The summed E-state index contributed by atoms with van der Waals surface area (Å²) in [5, 5.41) is 5.35.